The van der Waals surface area contributed by atoms with Gasteiger partial charge in [0.15, 0.2) is 5.82 Å². The quantitative estimate of drug-likeness (QED) is 0.783. The number of anilines is 1. The number of carbonyl (C=O) groups is 1. The summed E-state index contributed by atoms with van der Waals surface area (Å²) in [6.45, 7) is 0.576. The highest BCUT2D eigenvalue weighted by atomic mass is 79.9. The van der Waals surface area contributed by atoms with Gasteiger partial charge in [-0.15, -0.1) is 0 Å². The predicted octanol–water partition coefficient (Wildman–Crippen LogP) is 3.25. The largest absolute Gasteiger partial charge is 0.478 e. The molecule has 0 heterocycles. The van der Waals surface area contributed by atoms with Gasteiger partial charge in [-0.3, -0.25) is 0 Å². The zero-order valence-electron chi connectivity index (χ0n) is 10.9. The second kappa shape index (κ2) is 6.54. The van der Waals surface area contributed by atoms with E-state index >= 15 is 0 Å². The van der Waals surface area contributed by atoms with Gasteiger partial charge >= 0.3 is 5.97 Å². The molecule has 0 radical (unpaired) electrons. The zero-order chi connectivity index (χ0) is 14.7. The summed E-state index contributed by atoms with van der Waals surface area (Å²) < 4.78 is 14.0. The maximum atomic E-state index is 14.0. The molecule has 1 aliphatic carbocycles. The lowest BCUT2D eigenvalue weighted by Crippen LogP contribution is -2.25. The molecule has 3 N–H and O–H groups in total. The molecule has 1 aliphatic rings. The number of aliphatic hydroxyl groups excluding tert-OH is 1. The molecular formula is C14H17BrFNO3. The first-order valence-corrected chi connectivity index (χ1v) is 7.41. The van der Waals surface area contributed by atoms with Crippen molar-refractivity contribution in [2.75, 3.05) is 11.9 Å². The van der Waals surface area contributed by atoms with E-state index < -0.39 is 11.8 Å². The third-order valence-corrected chi connectivity index (χ3v) is 4.42. The summed E-state index contributed by atoms with van der Waals surface area (Å²) in [5, 5.41) is 21.5. The van der Waals surface area contributed by atoms with Gasteiger partial charge in [0, 0.05) is 6.54 Å². The summed E-state index contributed by atoms with van der Waals surface area (Å²) >= 11 is 2.97. The van der Waals surface area contributed by atoms with Crippen LogP contribution in [0.4, 0.5) is 10.1 Å². The standard InChI is InChI=1S/C14H17BrFNO3/c15-12-10(14(19)20)4-5-11(13(12)16)17-7-8-2-1-3-9(18)6-8/h4-5,8-9,17-18H,1-3,6-7H2,(H,19,20). The highest BCUT2D eigenvalue weighted by Crippen LogP contribution is 2.29. The SMILES string of the molecule is O=C(O)c1ccc(NCC2CCCC(O)C2)c(F)c1Br. The molecule has 2 unspecified atom stereocenters. The van der Waals surface area contributed by atoms with E-state index in [1.807, 2.05) is 0 Å². The van der Waals surface area contributed by atoms with E-state index in [9.17, 15) is 14.3 Å². The molecular weight excluding hydrogens is 329 g/mol. The molecule has 0 aliphatic heterocycles. The normalized spacial score (nSPS) is 22.6. The average molecular weight is 346 g/mol. The van der Waals surface area contributed by atoms with Crippen molar-refractivity contribution in [1.82, 2.24) is 0 Å². The number of nitrogens with one attached hydrogen (secondary N) is 1. The summed E-state index contributed by atoms with van der Waals surface area (Å²) in [6.07, 6.45) is 3.30. The number of carboxylic acids is 1. The Morgan fingerprint density at radius 3 is 2.85 bits per heavy atom. The Hall–Kier alpha value is -1.14. The lowest BCUT2D eigenvalue weighted by molar-refractivity contribution is 0.0695. The minimum atomic E-state index is -1.17. The van der Waals surface area contributed by atoms with Crippen LogP contribution in [0, 0.1) is 11.7 Å². The zero-order valence-corrected chi connectivity index (χ0v) is 12.5. The smallest absolute Gasteiger partial charge is 0.336 e. The third-order valence-electron chi connectivity index (χ3n) is 3.65. The molecule has 4 nitrogen and oxygen atoms in total. The monoisotopic (exact) mass is 345 g/mol. The van der Waals surface area contributed by atoms with Gasteiger partial charge in [0.2, 0.25) is 0 Å². The van der Waals surface area contributed by atoms with Crippen LogP contribution in [0.5, 0.6) is 0 Å². The fourth-order valence-corrected chi connectivity index (χ4v) is 3.07. The second-order valence-corrected chi connectivity index (χ2v) is 5.95. The molecule has 1 fully saturated rings. The first-order chi connectivity index (χ1) is 9.49. The van der Waals surface area contributed by atoms with Crippen molar-refractivity contribution < 1.29 is 19.4 Å². The molecule has 0 amide bonds. The van der Waals surface area contributed by atoms with E-state index in [1.165, 1.54) is 12.1 Å². The van der Waals surface area contributed by atoms with E-state index in [1.54, 1.807) is 0 Å². The van der Waals surface area contributed by atoms with Crippen molar-refractivity contribution in [2.24, 2.45) is 5.92 Å². The van der Waals surface area contributed by atoms with Crippen molar-refractivity contribution >= 4 is 27.6 Å². The fraction of sp³-hybridized carbons (Fsp3) is 0.500. The van der Waals surface area contributed by atoms with Gasteiger partial charge in [-0.05, 0) is 53.2 Å². The van der Waals surface area contributed by atoms with E-state index in [4.69, 9.17) is 5.11 Å². The molecule has 20 heavy (non-hydrogen) atoms. The van der Waals surface area contributed by atoms with Gasteiger partial charge in [0.05, 0.1) is 21.8 Å². The molecule has 0 spiro atoms. The number of hydrogen-bond donors (Lipinski definition) is 3. The molecule has 1 saturated carbocycles. The van der Waals surface area contributed by atoms with Crippen LogP contribution in [0.1, 0.15) is 36.0 Å². The highest BCUT2D eigenvalue weighted by Gasteiger charge is 2.21. The van der Waals surface area contributed by atoms with Crippen molar-refractivity contribution in [3.05, 3.63) is 28.0 Å². The lowest BCUT2D eigenvalue weighted by Gasteiger charge is -2.26. The number of aliphatic hydroxyl groups is 1. The van der Waals surface area contributed by atoms with E-state index in [2.05, 4.69) is 21.2 Å². The predicted molar refractivity (Wildman–Crippen MR) is 77.5 cm³/mol. The molecule has 0 saturated heterocycles. The van der Waals surface area contributed by atoms with Gasteiger partial charge < -0.3 is 15.5 Å². The molecule has 2 atom stereocenters. The Labute approximate surface area is 125 Å². The van der Waals surface area contributed by atoms with Crippen LogP contribution >= 0.6 is 15.9 Å². The Morgan fingerprint density at radius 2 is 2.20 bits per heavy atom. The molecule has 0 bridgehead atoms. The number of benzene rings is 1. The Kier molecular flexibility index (Phi) is 4.99. The van der Waals surface area contributed by atoms with Crippen molar-refractivity contribution in [3.8, 4) is 0 Å². The number of halogens is 2. The molecule has 1 aromatic rings. The van der Waals surface area contributed by atoms with Crippen LogP contribution in [-0.2, 0) is 0 Å². The van der Waals surface area contributed by atoms with Crippen LogP contribution < -0.4 is 5.32 Å². The lowest BCUT2D eigenvalue weighted by atomic mass is 9.87. The maximum absolute atomic E-state index is 14.0. The van der Waals surface area contributed by atoms with Crippen molar-refractivity contribution in [3.63, 3.8) is 0 Å². The molecule has 6 heteroatoms. The van der Waals surface area contributed by atoms with Gasteiger partial charge in [-0.2, -0.15) is 0 Å². The minimum absolute atomic E-state index is 0.0429. The highest BCUT2D eigenvalue weighted by molar-refractivity contribution is 9.10. The van der Waals surface area contributed by atoms with Gasteiger partial charge in [0.25, 0.3) is 0 Å². The average Bonchev–Trinajstić information content (AvgIpc) is 2.40. The molecule has 110 valence electrons. The Balaban J connectivity index is 2.03. The number of hydrogen-bond acceptors (Lipinski definition) is 3. The van der Waals surface area contributed by atoms with Crippen LogP contribution in [0.2, 0.25) is 0 Å². The van der Waals surface area contributed by atoms with E-state index in [0.29, 0.717) is 12.5 Å². The third kappa shape index (κ3) is 3.49. The summed E-state index contributed by atoms with van der Waals surface area (Å²) in [6, 6.07) is 2.80. The van der Waals surface area contributed by atoms with Crippen molar-refractivity contribution in [1.29, 1.82) is 0 Å². The van der Waals surface area contributed by atoms with Gasteiger partial charge in [-0.25, -0.2) is 9.18 Å². The second-order valence-electron chi connectivity index (χ2n) is 5.16. The van der Waals surface area contributed by atoms with Crippen LogP contribution in [0.3, 0.4) is 0 Å². The first-order valence-electron chi connectivity index (χ1n) is 6.62. The van der Waals surface area contributed by atoms with Gasteiger partial charge in [0.1, 0.15) is 0 Å². The van der Waals surface area contributed by atoms with E-state index in [0.717, 1.165) is 25.7 Å². The summed E-state index contributed by atoms with van der Waals surface area (Å²) in [4.78, 5) is 10.9. The Bertz CT molecular complexity index is 509. The van der Waals surface area contributed by atoms with Gasteiger partial charge in [-0.1, -0.05) is 6.42 Å². The summed E-state index contributed by atoms with van der Waals surface area (Å²) in [5.41, 5.74) is 0.183. The maximum Gasteiger partial charge on any atom is 0.336 e. The number of aromatic carboxylic acids is 1. The summed E-state index contributed by atoms with van der Waals surface area (Å²) in [5.74, 6) is -1.45. The van der Waals surface area contributed by atoms with Crippen molar-refractivity contribution in [2.45, 2.75) is 31.8 Å². The fourth-order valence-electron chi connectivity index (χ4n) is 2.55. The van der Waals surface area contributed by atoms with Crippen LogP contribution in [0.15, 0.2) is 16.6 Å². The molecule has 0 aromatic heterocycles. The number of carboxylic acid groups (broad SMARTS) is 1. The Morgan fingerprint density at radius 1 is 1.45 bits per heavy atom. The summed E-state index contributed by atoms with van der Waals surface area (Å²) in [7, 11) is 0. The minimum Gasteiger partial charge on any atom is -0.478 e. The first kappa shape index (κ1) is 15.3. The number of rotatable bonds is 4. The molecule has 1 aromatic carbocycles. The van der Waals surface area contributed by atoms with Crippen LogP contribution in [0.25, 0.3) is 0 Å². The molecule has 2 rings (SSSR count). The topological polar surface area (TPSA) is 69.6 Å². The van der Waals surface area contributed by atoms with E-state index in [-0.39, 0.29) is 21.8 Å². The van der Waals surface area contributed by atoms with Crippen LogP contribution in [-0.4, -0.2) is 28.8 Å².